The van der Waals surface area contributed by atoms with Crippen LogP contribution in [-0.2, 0) is 11.2 Å². The highest BCUT2D eigenvalue weighted by Crippen LogP contribution is 2.20. The Bertz CT molecular complexity index is 1310. The number of nitrogens with zero attached hydrogens (tertiary/aromatic N) is 4. The lowest BCUT2D eigenvalue weighted by atomic mass is 10.1. The monoisotopic (exact) mass is 430 g/mol. The summed E-state index contributed by atoms with van der Waals surface area (Å²) in [5.74, 6) is 0.738. The van der Waals surface area contributed by atoms with Crippen molar-refractivity contribution < 1.29 is 14.3 Å². The largest absolute Gasteiger partial charge is 0.497 e. The van der Waals surface area contributed by atoms with Crippen molar-refractivity contribution in [1.29, 1.82) is 0 Å². The quantitative estimate of drug-likeness (QED) is 0.486. The van der Waals surface area contributed by atoms with Gasteiger partial charge in [0.25, 0.3) is 11.7 Å². The third-order valence-electron chi connectivity index (χ3n) is 4.75. The van der Waals surface area contributed by atoms with E-state index in [1.165, 1.54) is 0 Å². The van der Waals surface area contributed by atoms with Crippen molar-refractivity contribution in [1.82, 2.24) is 19.6 Å². The van der Waals surface area contributed by atoms with E-state index in [0.29, 0.717) is 34.3 Å². The molecule has 4 aromatic rings. The van der Waals surface area contributed by atoms with Crippen LogP contribution in [0.3, 0.4) is 0 Å². The van der Waals surface area contributed by atoms with Gasteiger partial charge >= 0.3 is 0 Å². The molecule has 9 heteroatoms. The third kappa shape index (κ3) is 4.56. The fraction of sp³-hybridized carbons (Fsp3) is 0.174. The number of aryl methyl sites for hydroxylation is 2. The highest BCUT2D eigenvalue weighted by Gasteiger charge is 2.16. The minimum Gasteiger partial charge on any atom is -0.497 e. The molecule has 0 spiro atoms. The standard InChI is InChI=1S/C23H22N6O3/c1-14-11-15(2)29-23(24-14)27-20(28-29)13-21(30)26-19-10-5-4-9-18(19)22(31)25-16-7-6-8-17(12-16)32-3/h4-12H,13H2,1-3H3,(H,25,31)(H,26,30). The Hall–Kier alpha value is -4.27. The van der Waals surface area contributed by atoms with Gasteiger partial charge in [0.2, 0.25) is 5.91 Å². The maximum Gasteiger partial charge on any atom is 0.257 e. The number of ether oxygens (including phenoxy) is 1. The molecule has 0 radical (unpaired) electrons. The highest BCUT2D eigenvalue weighted by molar-refractivity contribution is 6.10. The topological polar surface area (TPSA) is 111 Å². The summed E-state index contributed by atoms with van der Waals surface area (Å²) in [6.45, 7) is 3.78. The Morgan fingerprint density at radius 3 is 2.62 bits per heavy atom. The average Bonchev–Trinajstić information content (AvgIpc) is 3.16. The lowest BCUT2D eigenvalue weighted by Gasteiger charge is -2.11. The zero-order valence-electron chi connectivity index (χ0n) is 17.9. The average molecular weight is 430 g/mol. The second-order valence-electron chi connectivity index (χ2n) is 7.24. The SMILES string of the molecule is COc1cccc(NC(=O)c2ccccc2NC(=O)Cc2nc3nc(C)cc(C)n3n2)c1. The van der Waals surface area contributed by atoms with Crippen LogP contribution in [0.5, 0.6) is 5.75 Å². The number of hydrogen-bond donors (Lipinski definition) is 2. The first-order valence-electron chi connectivity index (χ1n) is 9.97. The number of aromatic nitrogens is 4. The van der Waals surface area contributed by atoms with Crippen molar-refractivity contribution in [3.63, 3.8) is 0 Å². The van der Waals surface area contributed by atoms with Gasteiger partial charge in [0.05, 0.1) is 24.8 Å². The van der Waals surface area contributed by atoms with Gasteiger partial charge in [0.15, 0.2) is 5.82 Å². The number of carbonyl (C=O) groups excluding carboxylic acids is 2. The molecule has 9 nitrogen and oxygen atoms in total. The van der Waals surface area contributed by atoms with Crippen LogP contribution in [0.1, 0.15) is 27.6 Å². The summed E-state index contributed by atoms with van der Waals surface area (Å²) in [4.78, 5) is 34.1. The summed E-state index contributed by atoms with van der Waals surface area (Å²) in [5, 5.41) is 9.96. The molecule has 0 aliphatic rings. The van der Waals surface area contributed by atoms with Gasteiger partial charge in [-0.25, -0.2) is 9.50 Å². The second-order valence-corrected chi connectivity index (χ2v) is 7.24. The van der Waals surface area contributed by atoms with Gasteiger partial charge in [-0.2, -0.15) is 4.98 Å². The summed E-state index contributed by atoms with van der Waals surface area (Å²) in [5.41, 5.74) is 3.02. The first-order chi connectivity index (χ1) is 15.4. The summed E-state index contributed by atoms with van der Waals surface area (Å²) in [7, 11) is 1.56. The summed E-state index contributed by atoms with van der Waals surface area (Å²) in [6.07, 6.45) is -0.0479. The molecule has 0 saturated carbocycles. The van der Waals surface area contributed by atoms with E-state index in [4.69, 9.17) is 4.74 Å². The Labute approximate surface area is 184 Å². The summed E-state index contributed by atoms with van der Waals surface area (Å²) < 4.78 is 6.79. The minimum atomic E-state index is -0.352. The molecule has 2 amide bonds. The molecule has 0 aliphatic carbocycles. The van der Waals surface area contributed by atoms with Crippen LogP contribution in [0.2, 0.25) is 0 Å². The normalized spacial score (nSPS) is 10.7. The van der Waals surface area contributed by atoms with E-state index in [1.54, 1.807) is 60.2 Å². The van der Waals surface area contributed by atoms with Crippen LogP contribution >= 0.6 is 0 Å². The summed E-state index contributed by atoms with van der Waals surface area (Å²) >= 11 is 0. The van der Waals surface area contributed by atoms with Crippen molar-refractivity contribution in [2.24, 2.45) is 0 Å². The van der Waals surface area contributed by atoms with Gasteiger partial charge in [-0.1, -0.05) is 18.2 Å². The van der Waals surface area contributed by atoms with Crippen LogP contribution in [0.25, 0.3) is 5.78 Å². The Balaban J connectivity index is 1.49. The molecule has 0 unspecified atom stereocenters. The lowest BCUT2D eigenvalue weighted by Crippen LogP contribution is -2.20. The number of carbonyl (C=O) groups is 2. The zero-order chi connectivity index (χ0) is 22.7. The third-order valence-corrected chi connectivity index (χ3v) is 4.75. The molecule has 2 heterocycles. The number of anilines is 2. The molecule has 2 aromatic heterocycles. The van der Waals surface area contributed by atoms with E-state index >= 15 is 0 Å². The van der Waals surface area contributed by atoms with Crippen molar-refractivity contribution in [2.75, 3.05) is 17.7 Å². The first-order valence-corrected chi connectivity index (χ1v) is 9.97. The number of fused-ring (bicyclic) bond motifs is 1. The van der Waals surface area contributed by atoms with Crippen LogP contribution in [0, 0.1) is 13.8 Å². The Kier molecular flexibility index (Phi) is 5.80. The van der Waals surface area contributed by atoms with E-state index in [1.807, 2.05) is 19.9 Å². The van der Waals surface area contributed by atoms with Crippen molar-refractivity contribution >= 4 is 29.0 Å². The predicted molar refractivity (Wildman–Crippen MR) is 120 cm³/mol. The molecule has 2 N–H and O–H groups in total. The molecule has 2 aromatic carbocycles. The number of amides is 2. The molecule has 0 saturated heterocycles. The molecular weight excluding hydrogens is 408 g/mol. The van der Waals surface area contributed by atoms with E-state index < -0.39 is 0 Å². The van der Waals surface area contributed by atoms with Gasteiger partial charge in [0.1, 0.15) is 5.75 Å². The minimum absolute atomic E-state index is 0.0479. The van der Waals surface area contributed by atoms with Crippen LogP contribution in [0.4, 0.5) is 11.4 Å². The van der Waals surface area contributed by atoms with Gasteiger partial charge in [-0.05, 0) is 44.2 Å². The van der Waals surface area contributed by atoms with E-state index in [0.717, 1.165) is 11.4 Å². The highest BCUT2D eigenvalue weighted by atomic mass is 16.5. The zero-order valence-corrected chi connectivity index (χ0v) is 17.9. The van der Waals surface area contributed by atoms with Crippen molar-refractivity contribution in [3.8, 4) is 5.75 Å². The molecule has 0 atom stereocenters. The number of para-hydroxylation sites is 1. The molecule has 162 valence electrons. The molecule has 4 rings (SSSR count). The number of benzene rings is 2. The Morgan fingerprint density at radius 2 is 1.81 bits per heavy atom. The van der Waals surface area contributed by atoms with Crippen molar-refractivity contribution in [2.45, 2.75) is 20.3 Å². The number of rotatable bonds is 6. The van der Waals surface area contributed by atoms with Gasteiger partial charge in [-0.3, -0.25) is 9.59 Å². The predicted octanol–water partition coefficient (Wildman–Crippen LogP) is 3.18. The van der Waals surface area contributed by atoms with Crippen LogP contribution in [-0.4, -0.2) is 38.5 Å². The lowest BCUT2D eigenvalue weighted by molar-refractivity contribution is -0.115. The number of hydrogen-bond acceptors (Lipinski definition) is 6. The van der Waals surface area contributed by atoms with E-state index in [2.05, 4.69) is 25.7 Å². The first kappa shape index (κ1) is 21.0. The fourth-order valence-electron chi connectivity index (χ4n) is 3.31. The molecule has 0 bridgehead atoms. The Morgan fingerprint density at radius 1 is 1.00 bits per heavy atom. The number of nitrogens with one attached hydrogen (secondary N) is 2. The molecule has 32 heavy (non-hydrogen) atoms. The second kappa shape index (κ2) is 8.84. The van der Waals surface area contributed by atoms with E-state index in [9.17, 15) is 9.59 Å². The van der Waals surface area contributed by atoms with Crippen LogP contribution in [0.15, 0.2) is 54.6 Å². The fourth-order valence-corrected chi connectivity index (χ4v) is 3.31. The van der Waals surface area contributed by atoms with Crippen LogP contribution < -0.4 is 15.4 Å². The molecular formula is C23H22N6O3. The van der Waals surface area contributed by atoms with Gasteiger partial charge in [-0.15, -0.1) is 5.10 Å². The summed E-state index contributed by atoms with van der Waals surface area (Å²) in [6, 6.07) is 15.7. The van der Waals surface area contributed by atoms with Gasteiger partial charge in [0, 0.05) is 23.1 Å². The van der Waals surface area contributed by atoms with Gasteiger partial charge < -0.3 is 15.4 Å². The number of methoxy groups -OCH3 is 1. The van der Waals surface area contributed by atoms with E-state index in [-0.39, 0.29) is 18.2 Å². The maximum absolute atomic E-state index is 12.8. The smallest absolute Gasteiger partial charge is 0.257 e. The maximum atomic E-state index is 12.8. The molecule has 0 aliphatic heterocycles. The molecule has 0 fully saturated rings. The van der Waals surface area contributed by atoms with Crippen molar-refractivity contribution in [3.05, 3.63) is 77.4 Å².